The topological polar surface area (TPSA) is 106 Å². The number of rotatable bonds is 3. The first-order chi connectivity index (χ1) is 8.00. The summed E-state index contributed by atoms with van der Waals surface area (Å²) in [5.41, 5.74) is -1.19. The lowest BCUT2D eigenvalue weighted by molar-refractivity contribution is -0.275. The van der Waals surface area contributed by atoms with E-state index in [0.717, 1.165) is 0 Å². The van der Waals surface area contributed by atoms with Crippen LogP contribution in [0, 0.1) is 0 Å². The van der Waals surface area contributed by atoms with Gasteiger partial charge in [-0.05, 0) is 0 Å². The Hall–Kier alpha value is -1.91. The number of hydrogen-bond acceptors (Lipinski definition) is 6. The first kappa shape index (κ1) is 14.2. The molecule has 0 unspecified atom stereocenters. The van der Waals surface area contributed by atoms with E-state index in [1.807, 2.05) is 0 Å². The van der Waals surface area contributed by atoms with E-state index in [-0.39, 0.29) is 0 Å². The Labute approximate surface area is 98.2 Å². The molecule has 11 heteroatoms. The molecule has 1 N–H and O–H groups in total. The normalized spacial score (nSPS) is 12.2. The number of alkyl halides is 3. The zero-order chi connectivity index (χ0) is 14.1. The molecule has 1 heterocycles. The quantitative estimate of drug-likeness (QED) is 0.805. The van der Waals surface area contributed by atoms with E-state index in [4.69, 9.17) is 5.11 Å². The average Bonchev–Trinajstić information content (AvgIpc) is 2.13. The van der Waals surface area contributed by atoms with Gasteiger partial charge in [0.25, 0.3) is 0 Å². The van der Waals surface area contributed by atoms with Crippen molar-refractivity contribution in [2.24, 2.45) is 0 Å². The number of carboxylic acid groups (broad SMARTS) is 1. The van der Waals surface area contributed by atoms with Gasteiger partial charge in [0.2, 0.25) is 15.0 Å². The summed E-state index contributed by atoms with van der Waals surface area (Å²) in [5, 5.41) is 7.71. The highest BCUT2D eigenvalue weighted by Crippen LogP contribution is 2.25. The van der Waals surface area contributed by atoms with E-state index < -0.39 is 38.8 Å². The average molecular weight is 286 g/mol. The first-order valence-corrected chi connectivity index (χ1v) is 5.96. The van der Waals surface area contributed by atoms with Crippen molar-refractivity contribution in [2.45, 2.75) is 11.5 Å². The summed E-state index contributed by atoms with van der Waals surface area (Å²) in [6.07, 6.45) is -4.13. The number of nitrogens with zero attached hydrogens (tertiary/aromatic N) is 2. The molecule has 0 atom stereocenters. The third kappa shape index (κ3) is 3.55. The molecule has 0 saturated carbocycles. The molecule has 1 aromatic rings. The van der Waals surface area contributed by atoms with Crippen LogP contribution in [-0.2, 0) is 9.84 Å². The highest BCUT2D eigenvalue weighted by molar-refractivity contribution is 7.90. The number of aromatic nitrogens is 2. The molecule has 0 aromatic carbocycles. The maximum Gasteiger partial charge on any atom is 0.573 e. The maximum absolute atomic E-state index is 11.9. The Morgan fingerprint density at radius 2 is 2.00 bits per heavy atom. The van der Waals surface area contributed by atoms with Gasteiger partial charge in [0.05, 0.1) is 6.20 Å². The SMILES string of the molecule is CS(=O)(=O)c1ncc(OC(F)(F)F)c(C(=O)O)n1. The minimum atomic E-state index is -5.14. The lowest BCUT2D eigenvalue weighted by Crippen LogP contribution is -2.21. The Kier molecular flexibility index (Phi) is 3.46. The van der Waals surface area contributed by atoms with Crippen LogP contribution >= 0.6 is 0 Å². The molecular formula is C7H5F3N2O5S. The number of ether oxygens (including phenoxy) is 1. The van der Waals surface area contributed by atoms with Crippen molar-refractivity contribution >= 4 is 15.8 Å². The fourth-order valence-electron chi connectivity index (χ4n) is 0.886. The lowest BCUT2D eigenvalue weighted by Gasteiger charge is -2.10. The molecule has 0 radical (unpaired) electrons. The summed E-state index contributed by atoms with van der Waals surface area (Å²) in [6, 6.07) is 0. The number of hydrogen-bond donors (Lipinski definition) is 1. The van der Waals surface area contributed by atoms with Gasteiger partial charge in [-0.25, -0.2) is 23.2 Å². The summed E-state index contributed by atoms with van der Waals surface area (Å²) >= 11 is 0. The Morgan fingerprint density at radius 1 is 1.44 bits per heavy atom. The molecule has 0 amide bonds. The summed E-state index contributed by atoms with van der Waals surface area (Å²) in [7, 11) is -3.94. The largest absolute Gasteiger partial charge is 0.573 e. The Balaban J connectivity index is 3.35. The second-order valence-corrected chi connectivity index (χ2v) is 4.90. The third-order valence-electron chi connectivity index (χ3n) is 1.49. The summed E-state index contributed by atoms with van der Waals surface area (Å²) in [5.74, 6) is -3.07. The summed E-state index contributed by atoms with van der Waals surface area (Å²) in [6.45, 7) is 0. The molecule has 1 rings (SSSR count). The summed E-state index contributed by atoms with van der Waals surface area (Å²) in [4.78, 5) is 16.7. The molecule has 0 bridgehead atoms. The molecule has 0 aliphatic heterocycles. The molecule has 0 aliphatic rings. The Morgan fingerprint density at radius 3 is 2.39 bits per heavy atom. The van der Waals surface area contributed by atoms with Crippen molar-refractivity contribution in [2.75, 3.05) is 6.26 Å². The van der Waals surface area contributed by atoms with Crippen LogP contribution in [0.15, 0.2) is 11.4 Å². The van der Waals surface area contributed by atoms with E-state index in [0.29, 0.717) is 12.5 Å². The molecule has 0 fully saturated rings. The number of aromatic carboxylic acids is 1. The number of halogens is 3. The van der Waals surface area contributed by atoms with E-state index in [1.165, 1.54) is 0 Å². The minimum Gasteiger partial charge on any atom is -0.476 e. The minimum absolute atomic E-state index is 0.334. The molecular weight excluding hydrogens is 281 g/mol. The second-order valence-electron chi connectivity index (χ2n) is 2.99. The fourth-order valence-corrected chi connectivity index (χ4v) is 1.39. The number of sulfone groups is 1. The van der Waals surface area contributed by atoms with Crippen LogP contribution in [0.4, 0.5) is 13.2 Å². The van der Waals surface area contributed by atoms with E-state index in [1.54, 1.807) is 0 Å². The smallest absolute Gasteiger partial charge is 0.476 e. The van der Waals surface area contributed by atoms with E-state index in [2.05, 4.69) is 14.7 Å². The van der Waals surface area contributed by atoms with Gasteiger partial charge in [-0.15, -0.1) is 13.2 Å². The van der Waals surface area contributed by atoms with Crippen LogP contribution in [0.5, 0.6) is 5.75 Å². The molecule has 7 nitrogen and oxygen atoms in total. The maximum atomic E-state index is 11.9. The monoisotopic (exact) mass is 286 g/mol. The molecule has 0 spiro atoms. The highest BCUT2D eigenvalue weighted by Gasteiger charge is 2.34. The third-order valence-corrected chi connectivity index (χ3v) is 2.35. The number of carbonyl (C=O) groups is 1. The van der Waals surface area contributed by atoms with Crippen LogP contribution in [0.1, 0.15) is 10.5 Å². The van der Waals surface area contributed by atoms with Gasteiger partial charge in [0, 0.05) is 6.26 Å². The van der Waals surface area contributed by atoms with Crippen molar-refractivity contribution in [3.05, 3.63) is 11.9 Å². The first-order valence-electron chi connectivity index (χ1n) is 4.07. The van der Waals surface area contributed by atoms with Gasteiger partial charge in [-0.1, -0.05) is 0 Å². The van der Waals surface area contributed by atoms with Crippen molar-refractivity contribution in [3.63, 3.8) is 0 Å². The van der Waals surface area contributed by atoms with Gasteiger partial charge in [-0.3, -0.25) is 0 Å². The Bertz CT molecular complexity index is 583. The van der Waals surface area contributed by atoms with Crippen molar-refractivity contribution in [3.8, 4) is 5.75 Å². The van der Waals surface area contributed by atoms with Gasteiger partial charge >= 0.3 is 12.3 Å². The van der Waals surface area contributed by atoms with Gasteiger partial charge < -0.3 is 9.84 Å². The van der Waals surface area contributed by atoms with E-state index in [9.17, 15) is 26.4 Å². The second kappa shape index (κ2) is 4.40. The van der Waals surface area contributed by atoms with Crippen LogP contribution in [-0.4, -0.2) is 42.1 Å². The molecule has 100 valence electrons. The van der Waals surface area contributed by atoms with Crippen molar-refractivity contribution in [1.82, 2.24) is 9.97 Å². The van der Waals surface area contributed by atoms with Crippen molar-refractivity contribution < 1.29 is 36.2 Å². The number of carboxylic acids is 1. The summed E-state index contributed by atoms with van der Waals surface area (Å²) < 4.78 is 61.2. The predicted octanol–water partition coefficient (Wildman–Crippen LogP) is 0.477. The molecule has 18 heavy (non-hydrogen) atoms. The van der Waals surface area contributed by atoms with Gasteiger partial charge in [0.1, 0.15) is 0 Å². The lowest BCUT2D eigenvalue weighted by atomic mass is 10.4. The highest BCUT2D eigenvalue weighted by atomic mass is 32.2. The van der Waals surface area contributed by atoms with E-state index >= 15 is 0 Å². The van der Waals surface area contributed by atoms with Crippen LogP contribution in [0.2, 0.25) is 0 Å². The molecule has 0 aliphatic carbocycles. The zero-order valence-corrected chi connectivity index (χ0v) is 9.41. The molecule has 1 aromatic heterocycles. The predicted molar refractivity (Wildman–Crippen MR) is 48.8 cm³/mol. The van der Waals surface area contributed by atoms with Crippen LogP contribution in [0.25, 0.3) is 0 Å². The van der Waals surface area contributed by atoms with Gasteiger partial charge in [-0.2, -0.15) is 0 Å². The van der Waals surface area contributed by atoms with Gasteiger partial charge in [0.15, 0.2) is 11.4 Å². The fraction of sp³-hybridized carbons (Fsp3) is 0.286. The standard InChI is InChI=1S/C7H5F3N2O5S/c1-18(15,16)6-11-2-3(17-7(8,9)10)4(12-6)5(13)14/h2H,1H3,(H,13,14). The molecule has 0 saturated heterocycles. The van der Waals surface area contributed by atoms with Crippen molar-refractivity contribution in [1.29, 1.82) is 0 Å². The zero-order valence-electron chi connectivity index (χ0n) is 8.59. The van der Waals surface area contributed by atoms with Crippen LogP contribution in [0.3, 0.4) is 0 Å². The van der Waals surface area contributed by atoms with Crippen LogP contribution < -0.4 is 4.74 Å².